The predicted octanol–water partition coefficient (Wildman–Crippen LogP) is 4.19. The van der Waals surface area contributed by atoms with Crippen molar-refractivity contribution in [2.24, 2.45) is 0 Å². The van der Waals surface area contributed by atoms with Crippen molar-refractivity contribution in [1.82, 2.24) is 5.32 Å². The van der Waals surface area contributed by atoms with E-state index < -0.39 is 28.5 Å². The topological polar surface area (TPSA) is 113 Å². The van der Waals surface area contributed by atoms with Crippen molar-refractivity contribution < 1.29 is 36.9 Å². The van der Waals surface area contributed by atoms with Gasteiger partial charge >= 0.3 is 0 Å². The van der Waals surface area contributed by atoms with E-state index in [1.807, 2.05) is 6.92 Å². The van der Waals surface area contributed by atoms with Crippen molar-refractivity contribution in [3.63, 3.8) is 0 Å². The molecule has 210 valence electrons. The van der Waals surface area contributed by atoms with Gasteiger partial charge in [0.1, 0.15) is 23.8 Å². The van der Waals surface area contributed by atoms with Crippen LogP contribution in [0.5, 0.6) is 28.7 Å². The minimum Gasteiger partial charge on any atom is -0.497 e. The Hall–Kier alpha value is -4.12. The zero-order chi connectivity index (χ0) is 28.6. The van der Waals surface area contributed by atoms with Crippen LogP contribution in [0, 0.1) is 0 Å². The molecule has 0 bridgehead atoms. The average Bonchev–Trinajstić information content (AvgIpc) is 2.95. The third-order valence-corrected chi connectivity index (χ3v) is 7.72. The van der Waals surface area contributed by atoms with E-state index in [2.05, 4.69) is 5.32 Å². The predicted molar refractivity (Wildman–Crippen MR) is 148 cm³/mol. The van der Waals surface area contributed by atoms with Crippen LogP contribution in [-0.2, 0) is 14.8 Å². The Morgan fingerprint density at radius 2 is 1.44 bits per heavy atom. The summed E-state index contributed by atoms with van der Waals surface area (Å²) in [6.45, 7) is 3.60. The SMILES string of the molecule is CCOc1ccc(N(CC(=O)NC(C)c2cc(OC)ccc2OC)S(=O)(=O)c2ccc(OC)c(OC)c2)cc1. The van der Waals surface area contributed by atoms with Crippen LogP contribution in [0.4, 0.5) is 5.69 Å². The van der Waals surface area contributed by atoms with Crippen molar-refractivity contribution >= 4 is 21.6 Å². The van der Waals surface area contributed by atoms with E-state index in [4.69, 9.17) is 23.7 Å². The van der Waals surface area contributed by atoms with Crippen molar-refractivity contribution in [2.75, 3.05) is 45.9 Å². The first-order chi connectivity index (χ1) is 18.7. The van der Waals surface area contributed by atoms with Crippen LogP contribution < -0.4 is 33.3 Å². The molecule has 0 spiro atoms. The molecule has 1 N–H and O–H groups in total. The number of hydrogen-bond donors (Lipinski definition) is 1. The lowest BCUT2D eigenvalue weighted by Gasteiger charge is -2.26. The summed E-state index contributed by atoms with van der Waals surface area (Å²) < 4.78 is 55.5. The third kappa shape index (κ3) is 6.85. The first kappa shape index (κ1) is 29.4. The fourth-order valence-corrected chi connectivity index (χ4v) is 5.40. The summed E-state index contributed by atoms with van der Waals surface area (Å²) in [5.74, 6) is 1.83. The molecule has 0 radical (unpaired) electrons. The Balaban J connectivity index is 1.97. The van der Waals surface area contributed by atoms with Gasteiger partial charge in [-0.15, -0.1) is 0 Å². The molecule has 11 heteroatoms. The molecule has 0 aliphatic rings. The number of hydrogen-bond acceptors (Lipinski definition) is 8. The number of methoxy groups -OCH3 is 4. The molecule has 0 aliphatic carbocycles. The smallest absolute Gasteiger partial charge is 0.264 e. The van der Waals surface area contributed by atoms with Gasteiger partial charge in [0.05, 0.1) is 51.7 Å². The molecule has 0 heterocycles. The number of benzene rings is 3. The van der Waals surface area contributed by atoms with E-state index in [-0.39, 0.29) is 16.3 Å². The standard InChI is InChI=1S/C28H34N2O8S/c1-7-38-21-10-8-20(9-11-21)30(39(32,33)23-13-15-26(36-5)27(17-23)37-6)18-28(31)29-19(2)24-16-22(34-3)12-14-25(24)35-4/h8-17,19H,7,18H2,1-6H3,(H,29,31). The summed E-state index contributed by atoms with van der Waals surface area (Å²) in [5, 5.41) is 2.87. The molecule has 3 aromatic rings. The number of sulfonamides is 1. The highest BCUT2D eigenvalue weighted by Gasteiger charge is 2.29. The molecule has 3 rings (SSSR count). The molecule has 0 aliphatic heterocycles. The highest BCUT2D eigenvalue weighted by atomic mass is 32.2. The van der Waals surface area contributed by atoms with Crippen molar-refractivity contribution in [3.05, 3.63) is 66.2 Å². The molecule has 10 nitrogen and oxygen atoms in total. The number of rotatable bonds is 13. The lowest BCUT2D eigenvalue weighted by Crippen LogP contribution is -2.41. The molecule has 0 aromatic heterocycles. The lowest BCUT2D eigenvalue weighted by molar-refractivity contribution is -0.120. The number of anilines is 1. The maximum atomic E-state index is 13.9. The first-order valence-corrected chi connectivity index (χ1v) is 13.6. The van der Waals surface area contributed by atoms with Gasteiger partial charge in [0.15, 0.2) is 11.5 Å². The van der Waals surface area contributed by atoms with Gasteiger partial charge in [-0.3, -0.25) is 9.10 Å². The average molecular weight is 559 g/mol. The van der Waals surface area contributed by atoms with Gasteiger partial charge in [-0.25, -0.2) is 8.42 Å². The quantitative estimate of drug-likeness (QED) is 0.332. The zero-order valence-corrected chi connectivity index (χ0v) is 23.7. The number of amides is 1. The number of carbonyl (C=O) groups excluding carboxylic acids is 1. The van der Waals surface area contributed by atoms with E-state index in [0.29, 0.717) is 35.2 Å². The van der Waals surface area contributed by atoms with Crippen LogP contribution in [0.15, 0.2) is 65.6 Å². The second-order valence-corrected chi connectivity index (χ2v) is 10.2. The van der Waals surface area contributed by atoms with Crippen LogP contribution in [0.2, 0.25) is 0 Å². The summed E-state index contributed by atoms with van der Waals surface area (Å²) >= 11 is 0. The Morgan fingerprint density at radius 1 is 0.821 bits per heavy atom. The Morgan fingerprint density at radius 3 is 2.03 bits per heavy atom. The van der Waals surface area contributed by atoms with Gasteiger partial charge in [-0.2, -0.15) is 0 Å². The molecule has 0 saturated heterocycles. The van der Waals surface area contributed by atoms with Crippen LogP contribution >= 0.6 is 0 Å². The van der Waals surface area contributed by atoms with Gasteiger partial charge in [-0.05, 0) is 68.4 Å². The van der Waals surface area contributed by atoms with Crippen LogP contribution in [0.3, 0.4) is 0 Å². The molecule has 0 saturated carbocycles. The van der Waals surface area contributed by atoms with E-state index in [1.54, 1.807) is 56.5 Å². The summed E-state index contributed by atoms with van der Waals surface area (Å²) in [5.41, 5.74) is 0.968. The highest BCUT2D eigenvalue weighted by Crippen LogP contribution is 2.33. The van der Waals surface area contributed by atoms with Crippen LogP contribution in [-0.4, -0.2) is 55.9 Å². The third-order valence-electron chi connectivity index (χ3n) is 5.95. The number of carbonyl (C=O) groups is 1. The number of nitrogens with zero attached hydrogens (tertiary/aromatic N) is 1. The fraction of sp³-hybridized carbons (Fsp3) is 0.321. The molecular weight excluding hydrogens is 524 g/mol. The van der Waals surface area contributed by atoms with Crippen LogP contribution in [0.25, 0.3) is 0 Å². The Bertz CT molecular complexity index is 1380. The molecule has 1 amide bonds. The maximum absolute atomic E-state index is 13.9. The zero-order valence-electron chi connectivity index (χ0n) is 22.9. The van der Waals surface area contributed by atoms with Crippen molar-refractivity contribution in [1.29, 1.82) is 0 Å². The largest absolute Gasteiger partial charge is 0.497 e. The molecule has 3 aromatic carbocycles. The fourth-order valence-electron chi connectivity index (χ4n) is 3.97. The maximum Gasteiger partial charge on any atom is 0.264 e. The molecule has 1 unspecified atom stereocenters. The summed E-state index contributed by atoms with van der Waals surface area (Å²) in [7, 11) is 1.75. The minimum absolute atomic E-state index is 0.0654. The van der Waals surface area contributed by atoms with Gasteiger partial charge in [-0.1, -0.05) is 0 Å². The van der Waals surface area contributed by atoms with Crippen molar-refractivity contribution in [3.8, 4) is 28.7 Å². The Labute approximate surface area is 229 Å². The van der Waals surface area contributed by atoms with Crippen molar-refractivity contribution in [2.45, 2.75) is 24.8 Å². The summed E-state index contributed by atoms with van der Waals surface area (Å²) in [4.78, 5) is 13.2. The van der Waals surface area contributed by atoms with E-state index in [0.717, 1.165) is 4.31 Å². The number of ether oxygens (including phenoxy) is 5. The second kappa shape index (κ2) is 13.1. The van der Waals surface area contributed by atoms with E-state index in [9.17, 15) is 13.2 Å². The molecule has 39 heavy (non-hydrogen) atoms. The first-order valence-electron chi connectivity index (χ1n) is 12.2. The summed E-state index contributed by atoms with van der Waals surface area (Å²) in [6.07, 6.45) is 0. The van der Waals surface area contributed by atoms with E-state index >= 15 is 0 Å². The van der Waals surface area contributed by atoms with E-state index in [1.165, 1.54) is 39.5 Å². The molecular formula is C28H34N2O8S. The van der Waals surface area contributed by atoms with Gasteiger partial charge in [0, 0.05) is 11.6 Å². The summed E-state index contributed by atoms with van der Waals surface area (Å²) in [6, 6.07) is 15.5. The monoisotopic (exact) mass is 558 g/mol. The highest BCUT2D eigenvalue weighted by molar-refractivity contribution is 7.92. The minimum atomic E-state index is -4.20. The molecule has 0 fully saturated rings. The normalized spacial score (nSPS) is 11.7. The second-order valence-electron chi connectivity index (χ2n) is 8.35. The Kier molecular flexibility index (Phi) is 9.89. The number of nitrogens with one attached hydrogen (secondary N) is 1. The molecule has 1 atom stereocenters. The van der Waals surface area contributed by atoms with Gasteiger partial charge < -0.3 is 29.0 Å². The van der Waals surface area contributed by atoms with Gasteiger partial charge in [0.2, 0.25) is 5.91 Å². The van der Waals surface area contributed by atoms with Crippen LogP contribution in [0.1, 0.15) is 25.5 Å². The van der Waals surface area contributed by atoms with Gasteiger partial charge in [0.25, 0.3) is 10.0 Å². The lowest BCUT2D eigenvalue weighted by atomic mass is 10.1.